The summed E-state index contributed by atoms with van der Waals surface area (Å²) in [4.78, 5) is 25.4. The monoisotopic (exact) mass is 430 g/mol. The predicted octanol–water partition coefficient (Wildman–Crippen LogP) is 5.31. The lowest BCUT2D eigenvalue weighted by atomic mass is 10.0. The highest BCUT2D eigenvalue weighted by atomic mass is 16.6. The number of fused-ring (bicyclic) bond motifs is 1. The first kappa shape index (κ1) is 21.8. The molecule has 6 nitrogen and oxygen atoms in total. The van der Waals surface area contributed by atoms with Crippen LogP contribution in [0.15, 0.2) is 49.3 Å². The summed E-state index contributed by atoms with van der Waals surface area (Å²) in [5, 5.41) is 1.02. The van der Waals surface area contributed by atoms with Gasteiger partial charge in [0.1, 0.15) is 11.9 Å². The summed E-state index contributed by atoms with van der Waals surface area (Å²) in [6, 6.07) is 12.5. The SMILES string of the molecule is C=Cc1ccc2ncnc(-c3ccc(N4CCN(C(=O)OC(C)(C)C)CC4)c(C)c3)c2c1. The van der Waals surface area contributed by atoms with Gasteiger partial charge in [0.05, 0.1) is 11.2 Å². The maximum atomic E-state index is 12.3. The van der Waals surface area contributed by atoms with Gasteiger partial charge in [-0.1, -0.05) is 24.8 Å². The molecule has 0 radical (unpaired) electrons. The Hall–Kier alpha value is -3.41. The highest BCUT2D eigenvalue weighted by Crippen LogP contribution is 2.31. The van der Waals surface area contributed by atoms with Gasteiger partial charge in [-0.15, -0.1) is 0 Å². The average molecular weight is 431 g/mol. The van der Waals surface area contributed by atoms with Crippen molar-refractivity contribution in [2.75, 3.05) is 31.1 Å². The van der Waals surface area contributed by atoms with Crippen LogP contribution in [-0.4, -0.2) is 52.7 Å². The fourth-order valence-electron chi connectivity index (χ4n) is 4.05. The topological polar surface area (TPSA) is 58.6 Å². The molecule has 1 amide bonds. The summed E-state index contributed by atoms with van der Waals surface area (Å²) in [6.07, 6.45) is 3.21. The number of carbonyl (C=O) groups excluding carboxylic acids is 1. The molecule has 4 rings (SSSR count). The Bertz CT molecular complexity index is 1160. The number of rotatable bonds is 3. The molecular formula is C26H30N4O2. The second-order valence-corrected chi connectivity index (χ2v) is 9.16. The third-order valence-corrected chi connectivity index (χ3v) is 5.64. The second kappa shape index (κ2) is 8.61. The van der Waals surface area contributed by atoms with Gasteiger partial charge >= 0.3 is 6.09 Å². The van der Waals surface area contributed by atoms with E-state index < -0.39 is 5.60 Å². The Morgan fingerprint density at radius 1 is 1.06 bits per heavy atom. The number of benzene rings is 2. The van der Waals surface area contributed by atoms with Gasteiger partial charge in [-0.3, -0.25) is 0 Å². The maximum absolute atomic E-state index is 12.3. The van der Waals surface area contributed by atoms with E-state index in [2.05, 4.69) is 52.6 Å². The summed E-state index contributed by atoms with van der Waals surface area (Å²) in [6.45, 7) is 14.5. The van der Waals surface area contributed by atoms with Crippen molar-refractivity contribution < 1.29 is 9.53 Å². The number of piperazine rings is 1. The Morgan fingerprint density at radius 3 is 2.47 bits per heavy atom. The highest BCUT2D eigenvalue weighted by molar-refractivity contribution is 5.93. The molecule has 1 fully saturated rings. The van der Waals surface area contributed by atoms with Crippen molar-refractivity contribution in [3.05, 3.63) is 60.4 Å². The van der Waals surface area contributed by atoms with Crippen LogP contribution in [0, 0.1) is 6.92 Å². The minimum Gasteiger partial charge on any atom is -0.444 e. The zero-order valence-electron chi connectivity index (χ0n) is 19.3. The number of amides is 1. The van der Waals surface area contributed by atoms with Gasteiger partial charge in [0.15, 0.2) is 0 Å². The van der Waals surface area contributed by atoms with E-state index >= 15 is 0 Å². The fraction of sp³-hybridized carbons (Fsp3) is 0.346. The number of nitrogens with zero attached hydrogens (tertiary/aromatic N) is 4. The average Bonchev–Trinajstić information content (AvgIpc) is 2.77. The van der Waals surface area contributed by atoms with Gasteiger partial charge in [0.25, 0.3) is 0 Å². The summed E-state index contributed by atoms with van der Waals surface area (Å²) < 4.78 is 5.51. The number of anilines is 1. The van der Waals surface area contributed by atoms with Crippen molar-refractivity contribution in [2.24, 2.45) is 0 Å². The van der Waals surface area contributed by atoms with Crippen LogP contribution in [0.2, 0.25) is 0 Å². The second-order valence-electron chi connectivity index (χ2n) is 9.16. The number of aromatic nitrogens is 2. The first-order valence-electron chi connectivity index (χ1n) is 11.0. The molecule has 6 heteroatoms. The van der Waals surface area contributed by atoms with Crippen LogP contribution in [0.25, 0.3) is 28.2 Å². The van der Waals surface area contributed by atoms with Crippen molar-refractivity contribution in [1.82, 2.24) is 14.9 Å². The Morgan fingerprint density at radius 2 is 1.81 bits per heavy atom. The lowest BCUT2D eigenvalue weighted by Gasteiger charge is -2.37. The number of hydrogen-bond donors (Lipinski definition) is 0. The summed E-state index contributed by atoms with van der Waals surface area (Å²) in [7, 11) is 0. The first-order valence-corrected chi connectivity index (χ1v) is 11.0. The number of ether oxygens (including phenoxy) is 1. The normalized spacial score (nSPS) is 14.5. The van der Waals surface area contributed by atoms with Crippen LogP contribution in [0.1, 0.15) is 31.9 Å². The fourth-order valence-corrected chi connectivity index (χ4v) is 4.05. The minimum atomic E-state index is -0.474. The van der Waals surface area contributed by atoms with Crippen molar-refractivity contribution in [3.8, 4) is 11.3 Å². The standard InChI is InChI=1S/C26H30N4O2/c1-6-19-7-9-22-21(16-19)24(28-17-27-22)20-8-10-23(18(2)15-20)29-11-13-30(14-12-29)25(31)32-26(3,4)5/h6-10,15-17H,1,11-14H2,2-5H3. The van der Waals surface area contributed by atoms with Crippen LogP contribution in [0.3, 0.4) is 0 Å². The summed E-state index contributed by atoms with van der Waals surface area (Å²) in [5.41, 5.74) is 5.83. The van der Waals surface area contributed by atoms with E-state index in [1.54, 1.807) is 11.2 Å². The molecule has 3 aromatic rings. The van der Waals surface area contributed by atoms with Gasteiger partial charge in [-0.2, -0.15) is 0 Å². The molecule has 0 bridgehead atoms. The Kier molecular flexibility index (Phi) is 5.87. The maximum Gasteiger partial charge on any atom is 0.410 e. The van der Waals surface area contributed by atoms with E-state index in [0.29, 0.717) is 13.1 Å². The van der Waals surface area contributed by atoms with Gasteiger partial charge < -0.3 is 14.5 Å². The van der Waals surface area contributed by atoms with E-state index in [1.165, 1.54) is 11.3 Å². The molecule has 2 heterocycles. The number of carbonyl (C=O) groups is 1. The minimum absolute atomic E-state index is 0.237. The molecule has 0 aliphatic carbocycles. The molecule has 0 saturated carbocycles. The van der Waals surface area contributed by atoms with Crippen molar-refractivity contribution in [1.29, 1.82) is 0 Å². The molecule has 0 unspecified atom stereocenters. The smallest absolute Gasteiger partial charge is 0.410 e. The number of aryl methyl sites for hydroxylation is 1. The molecule has 1 aliphatic heterocycles. The van der Waals surface area contributed by atoms with Crippen LogP contribution in [0.4, 0.5) is 10.5 Å². The van der Waals surface area contributed by atoms with Crippen LogP contribution >= 0.6 is 0 Å². The van der Waals surface area contributed by atoms with E-state index in [-0.39, 0.29) is 6.09 Å². The lowest BCUT2D eigenvalue weighted by Crippen LogP contribution is -2.50. The van der Waals surface area contributed by atoms with Crippen LogP contribution in [0.5, 0.6) is 0 Å². The zero-order valence-corrected chi connectivity index (χ0v) is 19.3. The molecule has 2 aromatic carbocycles. The summed E-state index contributed by atoms with van der Waals surface area (Å²) >= 11 is 0. The van der Waals surface area contributed by atoms with Gasteiger partial charge in [0, 0.05) is 42.8 Å². The van der Waals surface area contributed by atoms with E-state index in [1.807, 2.05) is 39.0 Å². The van der Waals surface area contributed by atoms with E-state index in [4.69, 9.17) is 4.74 Å². The lowest BCUT2D eigenvalue weighted by molar-refractivity contribution is 0.0240. The predicted molar refractivity (Wildman–Crippen MR) is 130 cm³/mol. The molecular weight excluding hydrogens is 400 g/mol. The Balaban J connectivity index is 1.53. The van der Waals surface area contributed by atoms with Crippen molar-refractivity contribution in [2.45, 2.75) is 33.3 Å². The molecule has 0 N–H and O–H groups in total. The molecule has 1 aromatic heterocycles. The molecule has 1 saturated heterocycles. The summed E-state index contributed by atoms with van der Waals surface area (Å²) in [5.74, 6) is 0. The third kappa shape index (κ3) is 4.59. The van der Waals surface area contributed by atoms with Gasteiger partial charge in [-0.05, 0) is 63.1 Å². The zero-order chi connectivity index (χ0) is 22.9. The van der Waals surface area contributed by atoms with Gasteiger partial charge in [-0.25, -0.2) is 14.8 Å². The van der Waals surface area contributed by atoms with Crippen LogP contribution in [-0.2, 0) is 4.74 Å². The quantitative estimate of drug-likeness (QED) is 0.564. The Labute approximate surface area is 189 Å². The van der Waals surface area contributed by atoms with E-state index in [0.717, 1.165) is 40.8 Å². The number of hydrogen-bond acceptors (Lipinski definition) is 5. The first-order chi connectivity index (χ1) is 15.2. The largest absolute Gasteiger partial charge is 0.444 e. The molecule has 1 aliphatic rings. The van der Waals surface area contributed by atoms with Crippen molar-refractivity contribution in [3.63, 3.8) is 0 Å². The molecule has 32 heavy (non-hydrogen) atoms. The van der Waals surface area contributed by atoms with Crippen molar-refractivity contribution >= 4 is 28.8 Å². The molecule has 0 spiro atoms. The van der Waals surface area contributed by atoms with E-state index in [9.17, 15) is 4.79 Å². The molecule has 0 atom stereocenters. The van der Waals surface area contributed by atoms with Crippen LogP contribution < -0.4 is 4.90 Å². The van der Waals surface area contributed by atoms with Gasteiger partial charge in [0.2, 0.25) is 0 Å². The third-order valence-electron chi connectivity index (χ3n) is 5.64. The molecule has 166 valence electrons. The highest BCUT2D eigenvalue weighted by Gasteiger charge is 2.26.